The van der Waals surface area contributed by atoms with E-state index in [0.717, 1.165) is 23.6 Å². The van der Waals surface area contributed by atoms with Crippen LogP contribution in [0.25, 0.3) is 11.3 Å². The van der Waals surface area contributed by atoms with Crippen LogP contribution in [-0.2, 0) is 6.42 Å². The highest BCUT2D eigenvalue weighted by molar-refractivity contribution is 5.85. The quantitative estimate of drug-likeness (QED) is 0.765. The third kappa shape index (κ3) is 2.12. The van der Waals surface area contributed by atoms with Gasteiger partial charge in [-0.15, -0.1) is 12.4 Å². The van der Waals surface area contributed by atoms with Gasteiger partial charge in [-0.3, -0.25) is 4.98 Å². The van der Waals surface area contributed by atoms with Crippen LogP contribution in [0.15, 0.2) is 35.1 Å². The first kappa shape index (κ1) is 10.7. The van der Waals surface area contributed by atoms with Gasteiger partial charge in [0.2, 0.25) is 0 Å². The van der Waals surface area contributed by atoms with Crippen molar-refractivity contribution in [2.45, 2.75) is 13.3 Å². The van der Waals surface area contributed by atoms with Crippen molar-refractivity contribution in [3.8, 4) is 11.3 Å². The average molecular weight is 211 g/mol. The van der Waals surface area contributed by atoms with E-state index < -0.39 is 0 Å². The van der Waals surface area contributed by atoms with Gasteiger partial charge in [-0.05, 0) is 12.1 Å². The summed E-state index contributed by atoms with van der Waals surface area (Å²) in [6.07, 6.45) is 6.05. The molecule has 0 unspecified atom stereocenters. The number of aromatic nitrogens is 2. The number of hydrogen-bond acceptors (Lipinski definition) is 3. The lowest BCUT2D eigenvalue weighted by molar-refractivity contribution is 0.513. The normalized spacial score (nSPS) is 9.50. The number of halogens is 1. The van der Waals surface area contributed by atoms with Crippen molar-refractivity contribution in [1.29, 1.82) is 0 Å². The highest BCUT2D eigenvalue weighted by Crippen LogP contribution is 2.18. The molecule has 0 N–H and O–H groups in total. The molecule has 0 aliphatic carbocycles. The van der Waals surface area contributed by atoms with E-state index in [1.54, 1.807) is 18.6 Å². The summed E-state index contributed by atoms with van der Waals surface area (Å²) in [5.41, 5.74) is 0.967. The van der Waals surface area contributed by atoms with Crippen molar-refractivity contribution < 1.29 is 4.42 Å². The lowest BCUT2D eigenvalue weighted by Gasteiger charge is -1.92. The topological polar surface area (TPSA) is 38.9 Å². The van der Waals surface area contributed by atoms with Crippen molar-refractivity contribution in [1.82, 2.24) is 9.97 Å². The standard InChI is InChI=1S/C10H10N2O.ClH/c1-2-10-12-7-9(13-10)8-4-3-5-11-6-8;/h3-7H,2H2,1H3;1H. The van der Waals surface area contributed by atoms with Gasteiger partial charge in [0.15, 0.2) is 11.7 Å². The third-order valence-corrected chi connectivity index (χ3v) is 1.80. The van der Waals surface area contributed by atoms with Gasteiger partial charge < -0.3 is 4.42 Å². The summed E-state index contributed by atoms with van der Waals surface area (Å²) in [7, 11) is 0. The second kappa shape index (κ2) is 4.77. The molecule has 0 bridgehead atoms. The molecule has 74 valence electrons. The Labute approximate surface area is 88.6 Å². The van der Waals surface area contributed by atoms with Crippen molar-refractivity contribution in [3.05, 3.63) is 36.6 Å². The summed E-state index contributed by atoms with van der Waals surface area (Å²) in [5.74, 6) is 1.55. The fourth-order valence-corrected chi connectivity index (χ4v) is 1.12. The number of nitrogens with zero attached hydrogens (tertiary/aromatic N) is 2. The molecule has 0 saturated heterocycles. The summed E-state index contributed by atoms with van der Waals surface area (Å²) < 4.78 is 5.47. The fourth-order valence-electron chi connectivity index (χ4n) is 1.12. The number of oxazole rings is 1. The van der Waals surface area contributed by atoms with Gasteiger partial charge in [0.1, 0.15) is 0 Å². The molecule has 0 atom stereocenters. The van der Waals surface area contributed by atoms with Crippen molar-refractivity contribution in [2.24, 2.45) is 0 Å². The molecule has 0 saturated carbocycles. The van der Waals surface area contributed by atoms with E-state index in [4.69, 9.17) is 4.42 Å². The van der Waals surface area contributed by atoms with Crippen molar-refractivity contribution in [3.63, 3.8) is 0 Å². The van der Waals surface area contributed by atoms with Crippen LogP contribution < -0.4 is 0 Å². The predicted molar refractivity (Wildman–Crippen MR) is 56.4 cm³/mol. The summed E-state index contributed by atoms with van der Waals surface area (Å²) in [4.78, 5) is 8.12. The fraction of sp³-hybridized carbons (Fsp3) is 0.200. The maximum atomic E-state index is 5.47. The Hall–Kier alpha value is -1.35. The number of hydrogen-bond donors (Lipinski definition) is 0. The lowest BCUT2D eigenvalue weighted by Crippen LogP contribution is -1.75. The molecule has 14 heavy (non-hydrogen) atoms. The maximum absolute atomic E-state index is 5.47. The first-order valence-corrected chi connectivity index (χ1v) is 4.25. The van der Waals surface area contributed by atoms with E-state index in [2.05, 4.69) is 9.97 Å². The van der Waals surface area contributed by atoms with E-state index in [1.165, 1.54) is 0 Å². The minimum atomic E-state index is 0. The van der Waals surface area contributed by atoms with Gasteiger partial charge in [0.05, 0.1) is 6.20 Å². The first-order chi connectivity index (χ1) is 6.40. The molecule has 0 radical (unpaired) electrons. The van der Waals surface area contributed by atoms with Crippen LogP contribution >= 0.6 is 12.4 Å². The molecule has 0 aromatic carbocycles. The SMILES string of the molecule is CCc1ncc(-c2cccnc2)o1.Cl. The number of aryl methyl sites for hydroxylation is 1. The van der Waals surface area contributed by atoms with Gasteiger partial charge in [0, 0.05) is 24.4 Å². The molecule has 4 heteroatoms. The summed E-state index contributed by atoms with van der Waals surface area (Å²) in [5, 5.41) is 0. The van der Waals surface area contributed by atoms with E-state index in [1.807, 2.05) is 19.1 Å². The summed E-state index contributed by atoms with van der Waals surface area (Å²) in [6, 6.07) is 3.83. The molecule has 0 fully saturated rings. The molecule has 3 nitrogen and oxygen atoms in total. The maximum Gasteiger partial charge on any atom is 0.194 e. The zero-order valence-electron chi connectivity index (χ0n) is 7.80. The van der Waals surface area contributed by atoms with E-state index in [-0.39, 0.29) is 12.4 Å². The zero-order valence-corrected chi connectivity index (χ0v) is 8.62. The van der Waals surface area contributed by atoms with Crippen molar-refractivity contribution in [2.75, 3.05) is 0 Å². The number of rotatable bonds is 2. The Morgan fingerprint density at radius 1 is 1.36 bits per heavy atom. The van der Waals surface area contributed by atoms with Crippen LogP contribution in [0.4, 0.5) is 0 Å². The molecular formula is C10H11ClN2O. The van der Waals surface area contributed by atoms with E-state index in [0.29, 0.717) is 0 Å². The molecule has 2 heterocycles. The van der Waals surface area contributed by atoms with Gasteiger partial charge in [-0.1, -0.05) is 6.92 Å². The van der Waals surface area contributed by atoms with Crippen LogP contribution in [-0.4, -0.2) is 9.97 Å². The van der Waals surface area contributed by atoms with E-state index >= 15 is 0 Å². The predicted octanol–water partition coefficient (Wildman–Crippen LogP) is 2.72. The van der Waals surface area contributed by atoms with Gasteiger partial charge >= 0.3 is 0 Å². The minimum Gasteiger partial charge on any atom is -0.441 e. The highest BCUT2D eigenvalue weighted by Gasteiger charge is 2.03. The van der Waals surface area contributed by atoms with E-state index in [9.17, 15) is 0 Å². The van der Waals surface area contributed by atoms with Crippen LogP contribution in [0.5, 0.6) is 0 Å². The summed E-state index contributed by atoms with van der Waals surface area (Å²) in [6.45, 7) is 2.01. The van der Waals surface area contributed by atoms with Crippen molar-refractivity contribution >= 4 is 12.4 Å². The molecule has 0 aliphatic heterocycles. The van der Waals surface area contributed by atoms with Crippen LogP contribution in [0.1, 0.15) is 12.8 Å². The van der Waals surface area contributed by atoms with Crippen LogP contribution in [0.3, 0.4) is 0 Å². The number of pyridine rings is 1. The largest absolute Gasteiger partial charge is 0.441 e. The molecule has 0 spiro atoms. The van der Waals surface area contributed by atoms with Gasteiger partial charge in [-0.25, -0.2) is 4.98 Å². The Balaban J connectivity index is 0.000000980. The third-order valence-electron chi connectivity index (χ3n) is 1.80. The van der Waals surface area contributed by atoms with Gasteiger partial charge in [0.25, 0.3) is 0 Å². The molecule has 2 aromatic rings. The van der Waals surface area contributed by atoms with Gasteiger partial charge in [-0.2, -0.15) is 0 Å². The average Bonchev–Trinajstić information content (AvgIpc) is 2.67. The summed E-state index contributed by atoms with van der Waals surface area (Å²) >= 11 is 0. The minimum absolute atomic E-state index is 0. The Kier molecular flexibility index (Phi) is 3.65. The smallest absolute Gasteiger partial charge is 0.194 e. The Morgan fingerprint density at radius 2 is 2.21 bits per heavy atom. The first-order valence-electron chi connectivity index (χ1n) is 4.25. The molecule has 2 aromatic heterocycles. The Bertz CT molecular complexity index is 386. The zero-order chi connectivity index (χ0) is 9.10. The molecular weight excluding hydrogens is 200 g/mol. The second-order valence-corrected chi connectivity index (χ2v) is 2.71. The van der Waals surface area contributed by atoms with Crippen LogP contribution in [0.2, 0.25) is 0 Å². The second-order valence-electron chi connectivity index (χ2n) is 2.71. The molecule has 2 rings (SSSR count). The Morgan fingerprint density at radius 3 is 2.79 bits per heavy atom. The molecule has 0 amide bonds. The molecule has 0 aliphatic rings. The van der Waals surface area contributed by atoms with Crippen LogP contribution in [0, 0.1) is 0 Å². The highest BCUT2D eigenvalue weighted by atomic mass is 35.5. The lowest BCUT2D eigenvalue weighted by atomic mass is 10.2. The monoisotopic (exact) mass is 210 g/mol.